The third-order valence-corrected chi connectivity index (χ3v) is 4.61. The van der Waals surface area contributed by atoms with Gasteiger partial charge in [0.2, 0.25) is 11.8 Å². The Kier molecular flexibility index (Phi) is 6.29. The normalized spacial score (nSPS) is 11.6. The molecule has 7 nitrogen and oxygen atoms in total. The molecule has 1 atom stereocenters. The molecule has 2 aromatic rings. The minimum Gasteiger partial charge on any atom is -0.366 e. The van der Waals surface area contributed by atoms with Crippen molar-refractivity contribution in [1.82, 2.24) is 5.32 Å². The van der Waals surface area contributed by atoms with Crippen molar-refractivity contribution in [1.29, 1.82) is 0 Å². The molecule has 0 saturated heterocycles. The number of nitrogens with zero attached hydrogens (tertiary/aromatic N) is 1. The summed E-state index contributed by atoms with van der Waals surface area (Å²) < 4.78 is 12.9. The summed E-state index contributed by atoms with van der Waals surface area (Å²) in [5, 5.41) is 13.9. The quantitative estimate of drug-likeness (QED) is 0.437. The second kappa shape index (κ2) is 8.43. The summed E-state index contributed by atoms with van der Waals surface area (Å²) in [7, 11) is 0. The molecule has 0 aliphatic heterocycles. The molecule has 0 aliphatic carbocycles. The van der Waals surface area contributed by atoms with Crippen LogP contribution in [-0.2, 0) is 4.79 Å². The van der Waals surface area contributed by atoms with Crippen LogP contribution in [0.2, 0.25) is 0 Å². The van der Waals surface area contributed by atoms with Gasteiger partial charge < -0.3 is 11.1 Å². The van der Waals surface area contributed by atoms with Gasteiger partial charge in [-0.05, 0) is 36.8 Å². The summed E-state index contributed by atoms with van der Waals surface area (Å²) in [4.78, 5) is 34.0. The largest absolute Gasteiger partial charge is 0.366 e. The van der Waals surface area contributed by atoms with Crippen LogP contribution in [0, 0.1) is 15.9 Å². The van der Waals surface area contributed by atoms with Gasteiger partial charge >= 0.3 is 0 Å². The Hall–Kier alpha value is -2.94. The third-order valence-electron chi connectivity index (χ3n) is 3.55. The van der Waals surface area contributed by atoms with E-state index >= 15 is 0 Å². The number of carbonyl (C=O) groups is 2. The molecule has 2 aromatic carbocycles. The summed E-state index contributed by atoms with van der Waals surface area (Å²) in [5.74, 6) is -1.52. The van der Waals surface area contributed by atoms with Gasteiger partial charge in [-0.1, -0.05) is 12.1 Å². The molecular formula is C17H16FN3O4S. The topological polar surface area (TPSA) is 115 Å². The Bertz CT molecular complexity index is 842. The fraction of sp³-hybridized carbons (Fsp3) is 0.176. The van der Waals surface area contributed by atoms with Gasteiger partial charge in [-0.15, -0.1) is 11.8 Å². The highest BCUT2D eigenvalue weighted by molar-refractivity contribution is 8.00. The van der Waals surface area contributed by atoms with E-state index in [1.165, 1.54) is 24.3 Å². The molecule has 2 rings (SSSR count). The van der Waals surface area contributed by atoms with E-state index in [-0.39, 0.29) is 39.7 Å². The Morgan fingerprint density at radius 3 is 2.50 bits per heavy atom. The summed E-state index contributed by atoms with van der Waals surface area (Å²) in [6.07, 6.45) is 0. The number of primary amides is 1. The molecule has 2 amide bonds. The number of nitro benzene ring substituents is 1. The first-order valence-corrected chi connectivity index (χ1v) is 8.52. The number of nitro groups is 1. The second-order valence-electron chi connectivity index (χ2n) is 5.43. The van der Waals surface area contributed by atoms with Crippen molar-refractivity contribution in [3.8, 4) is 0 Å². The van der Waals surface area contributed by atoms with Crippen molar-refractivity contribution in [2.24, 2.45) is 5.73 Å². The first-order valence-electron chi connectivity index (χ1n) is 7.54. The van der Waals surface area contributed by atoms with Crippen LogP contribution in [0.5, 0.6) is 0 Å². The van der Waals surface area contributed by atoms with E-state index in [0.717, 1.165) is 23.4 Å². The predicted octanol–water partition coefficient (Wildman–Crippen LogP) is 2.80. The average molecular weight is 377 g/mol. The Labute approximate surface area is 152 Å². The zero-order valence-electron chi connectivity index (χ0n) is 13.8. The van der Waals surface area contributed by atoms with Crippen LogP contribution in [0.4, 0.5) is 10.1 Å². The lowest BCUT2D eigenvalue weighted by Gasteiger charge is -2.14. The number of carbonyl (C=O) groups excluding carboxylic acids is 2. The minimum absolute atomic E-state index is 0.0235. The molecule has 136 valence electrons. The van der Waals surface area contributed by atoms with Gasteiger partial charge in [0.25, 0.3) is 5.69 Å². The monoisotopic (exact) mass is 377 g/mol. The summed E-state index contributed by atoms with van der Waals surface area (Å²) in [6.45, 7) is 1.75. The molecule has 0 bridgehead atoms. The van der Waals surface area contributed by atoms with Crippen molar-refractivity contribution in [2.45, 2.75) is 17.9 Å². The molecular weight excluding hydrogens is 361 g/mol. The van der Waals surface area contributed by atoms with Crippen LogP contribution in [0.25, 0.3) is 0 Å². The molecule has 1 unspecified atom stereocenters. The lowest BCUT2D eigenvalue weighted by atomic mass is 10.1. The van der Waals surface area contributed by atoms with Crippen LogP contribution in [0.3, 0.4) is 0 Å². The lowest BCUT2D eigenvalue weighted by Crippen LogP contribution is -2.28. The molecule has 0 radical (unpaired) electrons. The van der Waals surface area contributed by atoms with Gasteiger partial charge in [0, 0.05) is 11.6 Å². The second-order valence-corrected chi connectivity index (χ2v) is 6.45. The number of nitrogens with one attached hydrogen (secondary N) is 1. The standard InChI is InChI=1S/C17H16FN3O4S/c1-10(11-2-5-13(18)6-3-11)20-16(22)9-26-15-7-4-12(17(19)23)8-14(15)21(24)25/h2-8,10H,9H2,1H3,(H2,19,23)(H,20,22). The highest BCUT2D eigenvalue weighted by Gasteiger charge is 2.18. The Morgan fingerprint density at radius 2 is 1.92 bits per heavy atom. The smallest absolute Gasteiger partial charge is 0.283 e. The maximum Gasteiger partial charge on any atom is 0.283 e. The maximum absolute atomic E-state index is 12.9. The Morgan fingerprint density at radius 1 is 1.27 bits per heavy atom. The zero-order chi connectivity index (χ0) is 19.3. The number of benzene rings is 2. The predicted molar refractivity (Wildman–Crippen MR) is 95.3 cm³/mol. The number of hydrogen-bond acceptors (Lipinski definition) is 5. The zero-order valence-corrected chi connectivity index (χ0v) is 14.6. The number of thioether (sulfide) groups is 1. The number of nitrogens with two attached hydrogens (primary N) is 1. The molecule has 3 N–H and O–H groups in total. The van der Waals surface area contributed by atoms with Gasteiger partial charge in [0.05, 0.1) is 21.6 Å². The maximum atomic E-state index is 12.9. The van der Waals surface area contributed by atoms with Crippen LogP contribution >= 0.6 is 11.8 Å². The van der Waals surface area contributed by atoms with E-state index in [1.54, 1.807) is 19.1 Å². The SMILES string of the molecule is CC(NC(=O)CSc1ccc(C(N)=O)cc1[N+](=O)[O-])c1ccc(F)cc1. The fourth-order valence-electron chi connectivity index (χ4n) is 2.20. The fourth-order valence-corrected chi connectivity index (χ4v) is 3.01. The van der Waals surface area contributed by atoms with Crippen molar-refractivity contribution >= 4 is 29.3 Å². The van der Waals surface area contributed by atoms with Crippen molar-refractivity contribution < 1.29 is 18.9 Å². The molecule has 0 heterocycles. The van der Waals surface area contributed by atoms with Crippen LogP contribution in [0.1, 0.15) is 28.9 Å². The first-order chi connectivity index (χ1) is 12.3. The van der Waals surface area contributed by atoms with E-state index in [1.807, 2.05) is 0 Å². The van der Waals surface area contributed by atoms with E-state index in [0.29, 0.717) is 0 Å². The molecule has 26 heavy (non-hydrogen) atoms. The highest BCUT2D eigenvalue weighted by atomic mass is 32.2. The summed E-state index contributed by atoms with van der Waals surface area (Å²) >= 11 is 0.978. The molecule has 9 heteroatoms. The number of halogens is 1. The van der Waals surface area contributed by atoms with Crippen LogP contribution < -0.4 is 11.1 Å². The third kappa shape index (κ3) is 5.03. The molecule has 0 saturated carbocycles. The van der Waals surface area contributed by atoms with Gasteiger partial charge in [-0.2, -0.15) is 0 Å². The number of rotatable bonds is 7. The minimum atomic E-state index is -0.768. The summed E-state index contributed by atoms with van der Waals surface area (Å²) in [5.41, 5.74) is 5.59. The molecule has 0 fully saturated rings. The van der Waals surface area contributed by atoms with Crippen LogP contribution in [-0.4, -0.2) is 22.5 Å². The molecule has 0 spiro atoms. The van der Waals surface area contributed by atoms with E-state index in [9.17, 15) is 24.1 Å². The van der Waals surface area contributed by atoms with Crippen LogP contribution in [0.15, 0.2) is 47.4 Å². The molecule has 0 aliphatic rings. The van der Waals surface area contributed by atoms with Gasteiger partial charge in [0.1, 0.15) is 5.82 Å². The number of amides is 2. The lowest BCUT2D eigenvalue weighted by molar-refractivity contribution is -0.387. The van der Waals surface area contributed by atoms with Gasteiger partial charge in [-0.3, -0.25) is 19.7 Å². The van der Waals surface area contributed by atoms with Crippen molar-refractivity contribution in [3.05, 3.63) is 69.5 Å². The van der Waals surface area contributed by atoms with E-state index in [2.05, 4.69) is 5.32 Å². The van der Waals surface area contributed by atoms with Gasteiger partial charge in [0.15, 0.2) is 0 Å². The summed E-state index contributed by atoms with van der Waals surface area (Å²) in [6, 6.07) is 9.25. The van der Waals surface area contributed by atoms with E-state index < -0.39 is 10.8 Å². The van der Waals surface area contributed by atoms with Gasteiger partial charge in [-0.25, -0.2) is 4.39 Å². The number of hydrogen-bond donors (Lipinski definition) is 2. The van der Waals surface area contributed by atoms with Crippen molar-refractivity contribution in [3.63, 3.8) is 0 Å². The van der Waals surface area contributed by atoms with E-state index in [4.69, 9.17) is 5.73 Å². The molecule has 0 aromatic heterocycles. The highest BCUT2D eigenvalue weighted by Crippen LogP contribution is 2.30. The first kappa shape index (κ1) is 19.4. The average Bonchev–Trinajstić information content (AvgIpc) is 2.60. The Balaban J connectivity index is 2.01. The van der Waals surface area contributed by atoms with Crippen molar-refractivity contribution in [2.75, 3.05) is 5.75 Å².